The second kappa shape index (κ2) is 5.56. The van der Waals surface area contributed by atoms with Gasteiger partial charge in [-0.2, -0.15) is 0 Å². The molecule has 22 heavy (non-hydrogen) atoms. The predicted octanol–water partition coefficient (Wildman–Crippen LogP) is 1.31. The molecule has 7 unspecified atom stereocenters. The Labute approximate surface area is 129 Å². The monoisotopic (exact) mass is 310 g/mol. The molecule has 3 fully saturated rings. The number of hydrogen-bond donors (Lipinski definition) is 0. The number of hydrogen-bond acceptors (Lipinski definition) is 6. The first-order valence-electron chi connectivity index (χ1n) is 8.00. The van der Waals surface area contributed by atoms with Crippen molar-refractivity contribution in [2.75, 3.05) is 6.61 Å². The van der Waals surface area contributed by atoms with Crippen LogP contribution in [0.2, 0.25) is 0 Å². The van der Waals surface area contributed by atoms with E-state index in [1.54, 1.807) is 6.92 Å². The fourth-order valence-electron chi connectivity index (χ4n) is 4.13. The van der Waals surface area contributed by atoms with E-state index in [4.69, 9.17) is 14.2 Å². The van der Waals surface area contributed by atoms with Gasteiger partial charge in [-0.3, -0.25) is 9.59 Å². The van der Waals surface area contributed by atoms with Crippen LogP contribution in [0.25, 0.3) is 0 Å². The van der Waals surface area contributed by atoms with Gasteiger partial charge in [0.2, 0.25) is 0 Å². The molecule has 1 saturated heterocycles. The third kappa shape index (κ3) is 2.29. The van der Waals surface area contributed by atoms with Crippen molar-refractivity contribution >= 4 is 17.9 Å². The van der Waals surface area contributed by atoms with Gasteiger partial charge in [0.15, 0.2) is 6.61 Å². The van der Waals surface area contributed by atoms with Gasteiger partial charge in [0.05, 0.1) is 11.8 Å². The van der Waals surface area contributed by atoms with Crippen molar-refractivity contribution in [2.45, 2.75) is 45.8 Å². The van der Waals surface area contributed by atoms with Crippen LogP contribution >= 0.6 is 0 Å². The molecule has 6 heteroatoms. The summed E-state index contributed by atoms with van der Waals surface area (Å²) in [5, 5.41) is 0. The molecule has 2 saturated carbocycles. The Morgan fingerprint density at radius 3 is 2.77 bits per heavy atom. The van der Waals surface area contributed by atoms with Crippen molar-refractivity contribution < 1.29 is 28.6 Å². The van der Waals surface area contributed by atoms with Crippen LogP contribution in [0.5, 0.6) is 0 Å². The van der Waals surface area contributed by atoms with E-state index < -0.39 is 18.0 Å². The molecule has 2 bridgehead atoms. The van der Waals surface area contributed by atoms with E-state index in [0.29, 0.717) is 6.42 Å². The summed E-state index contributed by atoms with van der Waals surface area (Å²) in [5.74, 6) is -0.869. The maximum atomic E-state index is 11.9. The number of carbonyl (C=O) groups excluding carboxylic acids is 3. The van der Waals surface area contributed by atoms with Crippen molar-refractivity contribution in [1.29, 1.82) is 0 Å². The number of rotatable bonds is 5. The van der Waals surface area contributed by atoms with Crippen LogP contribution in [0.3, 0.4) is 0 Å². The lowest BCUT2D eigenvalue weighted by Gasteiger charge is -2.29. The standard InChI is InChI=1S/C16H22O6/c1-4-7(2)15(18)20-6-11(17)21-13-9-5-10-12(8(9)3)16(19)22-14(10)13/h7-10,12-14H,4-6H2,1-3H3. The summed E-state index contributed by atoms with van der Waals surface area (Å²) in [7, 11) is 0. The molecule has 2 aliphatic carbocycles. The van der Waals surface area contributed by atoms with E-state index in [9.17, 15) is 14.4 Å². The van der Waals surface area contributed by atoms with Gasteiger partial charge in [-0.1, -0.05) is 20.8 Å². The first-order valence-corrected chi connectivity index (χ1v) is 8.00. The maximum absolute atomic E-state index is 11.9. The van der Waals surface area contributed by atoms with Gasteiger partial charge in [-0.05, 0) is 18.8 Å². The normalized spacial score (nSPS) is 39.5. The zero-order valence-corrected chi connectivity index (χ0v) is 13.1. The number of ether oxygens (including phenoxy) is 3. The van der Waals surface area contributed by atoms with Gasteiger partial charge in [0.1, 0.15) is 12.2 Å². The Morgan fingerprint density at radius 2 is 2.09 bits per heavy atom. The lowest BCUT2D eigenvalue weighted by Crippen LogP contribution is -2.40. The molecule has 0 aromatic carbocycles. The third-order valence-corrected chi connectivity index (χ3v) is 5.55. The molecule has 1 aliphatic heterocycles. The van der Waals surface area contributed by atoms with Crippen molar-refractivity contribution in [3.05, 3.63) is 0 Å². The topological polar surface area (TPSA) is 78.9 Å². The fourth-order valence-corrected chi connectivity index (χ4v) is 4.13. The van der Waals surface area contributed by atoms with Crippen molar-refractivity contribution in [3.63, 3.8) is 0 Å². The lowest BCUT2D eigenvalue weighted by atomic mass is 9.80. The number of fused-ring (bicyclic) bond motifs is 1. The van der Waals surface area contributed by atoms with Crippen LogP contribution < -0.4 is 0 Å². The van der Waals surface area contributed by atoms with Gasteiger partial charge in [-0.25, -0.2) is 4.79 Å². The highest BCUT2D eigenvalue weighted by atomic mass is 16.6. The van der Waals surface area contributed by atoms with E-state index in [2.05, 4.69) is 0 Å². The minimum absolute atomic E-state index is 0.0341. The average Bonchev–Trinajstić information content (AvgIpc) is 3.08. The Morgan fingerprint density at radius 1 is 1.36 bits per heavy atom. The fraction of sp³-hybridized carbons (Fsp3) is 0.812. The highest BCUT2D eigenvalue weighted by Gasteiger charge is 2.66. The second-order valence-corrected chi connectivity index (χ2v) is 6.72. The average molecular weight is 310 g/mol. The van der Waals surface area contributed by atoms with Gasteiger partial charge in [-0.15, -0.1) is 0 Å². The highest BCUT2D eigenvalue weighted by Crippen LogP contribution is 2.58. The first kappa shape index (κ1) is 15.3. The maximum Gasteiger partial charge on any atom is 0.344 e. The smallest absolute Gasteiger partial charge is 0.344 e. The van der Waals surface area contributed by atoms with Gasteiger partial charge in [0.25, 0.3) is 0 Å². The zero-order chi connectivity index (χ0) is 16.0. The van der Waals surface area contributed by atoms with Crippen molar-refractivity contribution in [1.82, 2.24) is 0 Å². The molecule has 6 nitrogen and oxygen atoms in total. The van der Waals surface area contributed by atoms with E-state index in [0.717, 1.165) is 6.42 Å². The second-order valence-electron chi connectivity index (χ2n) is 6.72. The highest BCUT2D eigenvalue weighted by molar-refractivity contribution is 5.79. The van der Waals surface area contributed by atoms with Crippen LogP contribution in [0, 0.1) is 29.6 Å². The summed E-state index contributed by atoms with van der Waals surface area (Å²) in [5.41, 5.74) is 0. The van der Waals surface area contributed by atoms with Crippen LogP contribution in [0.1, 0.15) is 33.6 Å². The Balaban J connectivity index is 1.55. The minimum Gasteiger partial charge on any atom is -0.458 e. The van der Waals surface area contributed by atoms with E-state index in [1.165, 1.54) is 0 Å². The van der Waals surface area contributed by atoms with Crippen LogP contribution in [0.4, 0.5) is 0 Å². The summed E-state index contributed by atoms with van der Waals surface area (Å²) in [6.07, 6.45) is 0.828. The summed E-state index contributed by atoms with van der Waals surface area (Å²) in [4.78, 5) is 35.3. The lowest BCUT2D eigenvalue weighted by molar-refractivity contribution is -0.171. The van der Waals surface area contributed by atoms with Gasteiger partial charge >= 0.3 is 17.9 Å². The molecule has 0 spiro atoms. The summed E-state index contributed by atoms with van der Waals surface area (Å²) < 4.78 is 15.8. The molecule has 7 atom stereocenters. The SMILES string of the molecule is CCC(C)C(=O)OCC(=O)OC1C2CC3C1OC(=O)C3C2C. The van der Waals surface area contributed by atoms with E-state index in [-0.39, 0.29) is 48.3 Å². The minimum atomic E-state index is -0.569. The Hall–Kier alpha value is -1.59. The molecule has 1 heterocycles. The summed E-state index contributed by atoms with van der Waals surface area (Å²) >= 11 is 0. The van der Waals surface area contributed by atoms with Gasteiger partial charge < -0.3 is 14.2 Å². The van der Waals surface area contributed by atoms with E-state index in [1.807, 2.05) is 13.8 Å². The van der Waals surface area contributed by atoms with Crippen molar-refractivity contribution in [2.24, 2.45) is 29.6 Å². The van der Waals surface area contributed by atoms with Crippen LogP contribution in [-0.2, 0) is 28.6 Å². The van der Waals surface area contributed by atoms with E-state index >= 15 is 0 Å². The largest absolute Gasteiger partial charge is 0.458 e. The van der Waals surface area contributed by atoms with Crippen molar-refractivity contribution in [3.8, 4) is 0 Å². The first-order chi connectivity index (χ1) is 10.4. The molecule has 0 radical (unpaired) electrons. The third-order valence-electron chi connectivity index (χ3n) is 5.55. The number of carbonyl (C=O) groups is 3. The molecule has 0 aromatic heterocycles. The molecule has 3 aliphatic rings. The molecule has 3 rings (SSSR count). The molecule has 122 valence electrons. The predicted molar refractivity (Wildman–Crippen MR) is 74.4 cm³/mol. The molecule has 0 N–H and O–H groups in total. The Bertz CT molecular complexity index is 501. The van der Waals surface area contributed by atoms with Gasteiger partial charge in [0, 0.05) is 11.8 Å². The molecule has 0 amide bonds. The molecular weight excluding hydrogens is 288 g/mol. The molecular formula is C16H22O6. The summed E-state index contributed by atoms with van der Waals surface area (Å²) in [6, 6.07) is 0. The van der Waals surface area contributed by atoms with Crippen LogP contribution in [0.15, 0.2) is 0 Å². The van der Waals surface area contributed by atoms with Crippen LogP contribution in [-0.4, -0.2) is 36.7 Å². The summed E-state index contributed by atoms with van der Waals surface area (Å²) in [6.45, 7) is 5.27. The Kier molecular flexibility index (Phi) is 3.87. The zero-order valence-electron chi connectivity index (χ0n) is 13.1. The number of esters is 3. The quantitative estimate of drug-likeness (QED) is 0.563. The molecule has 0 aromatic rings.